The highest BCUT2D eigenvalue weighted by Gasteiger charge is 2.12. The minimum atomic E-state index is -1.08. The van der Waals surface area contributed by atoms with Gasteiger partial charge in [-0.05, 0) is 18.1 Å². The number of aromatic nitrogens is 3. The SMILES string of the molecule is Cc1ncnc2c1c(NCc1cccc(CNC(=O)O)c1)cc(=O)n2O. The van der Waals surface area contributed by atoms with Gasteiger partial charge >= 0.3 is 6.09 Å². The van der Waals surface area contributed by atoms with Gasteiger partial charge in [-0.1, -0.05) is 24.3 Å². The molecule has 9 nitrogen and oxygen atoms in total. The Bertz CT molecular complexity index is 1030. The molecule has 0 radical (unpaired) electrons. The summed E-state index contributed by atoms with van der Waals surface area (Å²) in [6.07, 6.45) is 0.201. The lowest BCUT2D eigenvalue weighted by molar-refractivity contribution is 0.186. The lowest BCUT2D eigenvalue weighted by Gasteiger charge is -2.12. The first-order chi connectivity index (χ1) is 12.5. The molecule has 1 amide bonds. The Morgan fingerprint density at radius 3 is 2.65 bits per heavy atom. The van der Waals surface area contributed by atoms with Crippen molar-refractivity contribution in [2.75, 3.05) is 5.32 Å². The van der Waals surface area contributed by atoms with Crippen molar-refractivity contribution in [2.24, 2.45) is 0 Å². The maximum atomic E-state index is 11.9. The van der Waals surface area contributed by atoms with Crippen LogP contribution in [-0.2, 0) is 13.1 Å². The first kappa shape index (κ1) is 17.2. The molecule has 0 bridgehead atoms. The molecule has 2 aromatic heterocycles. The van der Waals surface area contributed by atoms with Gasteiger partial charge in [0.1, 0.15) is 6.33 Å². The van der Waals surface area contributed by atoms with Crippen LogP contribution >= 0.6 is 0 Å². The summed E-state index contributed by atoms with van der Waals surface area (Å²) in [5.74, 6) is 0. The van der Waals surface area contributed by atoms with Crippen LogP contribution < -0.4 is 16.2 Å². The predicted octanol–water partition coefficient (Wildman–Crippen LogP) is 1.72. The van der Waals surface area contributed by atoms with Crippen molar-refractivity contribution >= 4 is 22.8 Å². The van der Waals surface area contributed by atoms with Gasteiger partial charge in [-0.15, -0.1) is 4.73 Å². The van der Waals surface area contributed by atoms with Crippen molar-refractivity contribution in [1.29, 1.82) is 0 Å². The molecule has 0 saturated heterocycles. The Balaban J connectivity index is 1.87. The number of aryl methyl sites for hydroxylation is 1. The van der Waals surface area contributed by atoms with Crippen LogP contribution in [0.4, 0.5) is 10.5 Å². The van der Waals surface area contributed by atoms with Crippen molar-refractivity contribution in [2.45, 2.75) is 20.0 Å². The van der Waals surface area contributed by atoms with Gasteiger partial charge in [0.15, 0.2) is 5.65 Å². The molecule has 0 aliphatic heterocycles. The predicted molar refractivity (Wildman–Crippen MR) is 94.4 cm³/mol. The summed E-state index contributed by atoms with van der Waals surface area (Å²) in [7, 11) is 0. The summed E-state index contributed by atoms with van der Waals surface area (Å²) >= 11 is 0. The van der Waals surface area contributed by atoms with E-state index in [1.54, 1.807) is 6.92 Å². The summed E-state index contributed by atoms with van der Waals surface area (Å²) in [5.41, 5.74) is 2.40. The van der Waals surface area contributed by atoms with E-state index < -0.39 is 11.7 Å². The molecule has 0 unspecified atom stereocenters. The highest BCUT2D eigenvalue weighted by molar-refractivity contribution is 5.90. The summed E-state index contributed by atoms with van der Waals surface area (Å²) in [5, 5.41) is 24.6. The number of carboxylic acid groups (broad SMARTS) is 1. The van der Waals surface area contributed by atoms with Gasteiger partial charge in [-0.3, -0.25) is 4.79 Å². The molecular formula is C17H17N5O4. The quantitative estimate of drug-likeness (QED) is 0.513. The minimum Gasteiger partial charge on any atom is -0.465 e. The van der Waals surface area contributed by atoms with E-state index in [0.29, 0.717) is 28.0 Å². The lowest BCUT2D eigenvalue weighted by atomic mass is 10.1. The molecule has 2 heterocycles. The molecule has 0 fully saturated rings. The topological polar surface area (TPSA) is 129 Å². The van der Waals surface area contributed by atoms with Gasteiger partial charge in [0.25, 0.3) is 5.56 Å². The smallest absolute Gasteiger partial charge is 0.404 e. The average molecular weight is 355 g/mol. The molecule has 1 aromatic carbocycles. The number of hydrogen-bond acceptors (Lipinski definition) is 6. The van der Waals surface area contributed by atoms with Crippen LogP contribution in [0.15, 0.2) is 41.5 Å². The molecule has 3 rings (SSSR count). The molecule has 134 valence electrons. The van der Waals surface area contributed by atoms with Crippen LogP contribution in [0.3, 0.4) is 0 Å². The number of benzene rings is 1. The van der Waals surface area contributed by atoms with Crippen molar-refractivity contribution in [1.82, 2.24) is 20.0 Å². The van der Waals surface area contributed by atoms with E-state index in [4.69, 9.17) is 5.11 Å². The third-order valence-corrected chi connectivity index (χ3v) is 3.88. The highest BCUT2D eigenvalue weighted by atomic mass is 16.5. The van der Waals surface area contributed by atoms with E-state index in [1.807, 2.05) is 24.3 Å². The number of rotatable bonds is 5. The number of nitrogens with zero attached hydrogens (tertiary/aromatic N) is 3. The summed E-state index contributed by atoms with van der Waals surface area (Å²) in [6.45, 7) is 2.37. The largest absolute Gasteiger partial charge is 0.465 e. The molecule has 4 N–H and O–H groups in total. The van der Waals surface area contributed by atoms with E-state index in [9.17, 15) is 14.8 Å². The van der Waals surface area contributed by atoms with E-state index in [1.165, 1.54) is 12.4 Å². The number of anilines is 1. The van der Waals surface area contributed by atoms with Gasteiger partial charge in [0.05, 0.1) is 16.8 Å². The van der Waals surface area contributed by atoms with Crippen molar-refractivity contribution in [3.05, 3.63) is 63.8 Å². The van der Waals surface area contributed by atoms with Crippen molar-refractivity contribution < 1.29 is 15.1 Å². The lowest BCUT2D eigenvalue weighted by Crippen LogP contribution is -2.20. The average Bonchev–Trinajstić information content (AvgIpc) is 2.62. The summed E-state index contributed by atoms with van der Waals surface area (Å²) in [6, 6.07) is 8.68. The molecule has 0 spiro atoms. The second-order valence-electron chi connectivity index (χ2n) is 5.70. The summed E-state index contributed by atoms with van der Waals surface area (Å²) < 4.78 is 0.493. The zero-order chi connectivity index (χ0) is 18.7. The van der Waals surface area contributed by atoms with Gasteiger partial charge in [-0.2, -0.15) is 0 Å². The standard InChI is InChI=1S/C17H17N5O4/c1-10-15-13(6-14(23)22(26)16(15)21-9-20-10)18-7-11-3-2-4-12(5-11)8-19-17(24)25/h2-6,9,18-19,26H,7-8H2,1H3,(H,24,25). The van der Waals surface area contributed by atoms with E-state index >= 15 is 0 Å². The van der Waals surface area contributed by atoms with Crippen LogP contribution in [0.5, 0.6) is 0 Å². The number of carbonyl (C=O) groups is 1. The zero-order valence-electron chi connectivity index (χ0n) is 13.9. The number of nitrogens with one attached hydrogen (secondary N) is 2. The van der Waals surface area contributed by atoms with E-state index in [0.717, 1.165) is 11.1 Å². The Morgan fingerprint density at radius 2 is 1.92 bits per heavy atom. The van der Waals surface area contributed by atoms with Crippen LogP contribution in [0.25, 0.3) is 11.0 Å². The zero-order valence-corrected chi connectivity index (χ0v) is 13.9. The van der Waals surface area contributed by atoms with Crippen LogP contribution in [0.2, 0.25) is 0 Å². The van der Waals surface area contributed by atoms with Crippen molar-refractivity contribution in [3.8, 4) is 0 Å². The van der Waals surface area contributed by atoms with E-state index in [2.05, 4.69) is 20.6 Å². The van der Waals surface area contributed by atoms with Gasteiger partial charge < -0.3 is 20.9 Å². The number of pyridine rings is 1. The van der Waals surface area contributed by atoms with Crippen LogP contribution in [-0.4, -0.2) is 31.1 Å². The minimum absolute atomic E-state index is 0.131. The Labute approximate surface area is 147 Å². The monoisotopic (exact) mass is 355 g/mol. The molecule has 9 heteroatoms. The molecule has 0 saturated carbocycles. The summed E-state index contributed by atoms with van der Waals surface area (Å²) in [4.78, 5) is 30.6. The maximum Gasteiger partial charge on any atom is 0.404 e. The second kappa shape index (κ2) is 7.09. The molecule has 26 heavy (non-hydrogen) atoms. The third kappa shape index (κ3) is 3.56. The molecule has 3 aromatic rings. The van der Waals surface area contributed by atoms with Gasteiger partial charge in [0, 0.05) is 19.2 Å². The fourth-order valence-electron chi connectivity index (χ4n) is 2.66. The molecular weight excluding hydrogens is 338 g/mol. The van der Waals surface area contributed by atoms with Crippen LogP contribution in [0, 0.1) is 6.92 Å². The molecule has 0 aliphatic carbocycles. The first-order valence-corrected chi connectivity index (χ1v) is 7.81. The van der Waals surface area contributed by atoms with Crippen LogP contribution in [0.1, 0.15) is 16.8 Å². The Hall–Kier alpha value is -3.62. The maximum absolute atomic E-state index is 11.9. The Kier molecular flexibility index (Phi) is 4.70. The van der Waals surface area contributed by atoms with Gasteiger partial charge in [-0.25, -0.2) is 14.8 Å². The highest BCUT2D eigenvalue weighted by Crippen LogP contribution is 2.22. The number of hydrogen-bond donors (Lipinski definition) is 4. The molecule has 0 aliphatic rings. The number of fused-ring (bicyclic) bond motifs is 1. The van der Waals surface area contributed by atoms with Crippen molar-refractivity contribution in [3.63, 3.8) is 0 Å². The van der Waals surface area contributed by atoms with E-state index in [-0.39, 0.29) is 12.2 Å². The Morgan fingerprint density at radius 1 is 1.19 bits per heavy atom. The fourth-order valence-corrected chi connectivity index (χ4v) is 2.66. The molecule has 0 atom stereocenters. The first-order valence-electron chi connectivity index (χ1n) is 7.81. The number of amides is 1. The second-order valence-corrected chi connectivity index (χ2v) is 5.70. The van der Waals surface area contributed by atoms with Gasteiger partial charge in [0.2, 0.25) is 0 Å². The third-order valence-electron chi connectivity index (χ3n) is 3.88. The normalized spacial score (nSPS) is 10.7. The fraction of sp³-hybridized carbons (Fsp3) is 0.176.